The second-order valence-electron chi connectivity index (χ2n) is 12.1. The van der Waals surface area contributed by atoms with Crippen LogP contribution in [0.25, 0.3) is 11.5 Å². The largest absolute Gasteiger partial charge is 0.419 e. The minimum Gasteiger partial charge on any atom is -0.419 e. The highest BCUT2D eigenvalue weighted by molar-refractivity contribution is 7.92. The van der Waals surface area contributed by atoms with Gasteiger partial charge in [-0.05, 0) is 57.1 Å². The number of benzene rings is 1. The average molecular weight is 658 g/mol. The first kappa shape index (κ1) is 32.9. The van der Waals surface area contributed by atoms with Gasteiger partial charge in [-0.2, -0.15) is 0 Å². The van der Waals surface area contributed by atoms with E-state index in [9.17, 15) is 8.42 Å². The first-order chi connectivity index (χ1) is 21.3. The summed E-state index contributed by atoms with van der Waals surface area (Å²) >= 11 is 7.03. The molecule has 0 aliphatic heterocycles. The Morgan fingerprint density at radius 2 is 1.91 bits per heavy atom. The summed E-state index contributed by atoms with van der Waals surface area (Å²) in [7, 11) is -2.26. The fraction of sp³-hybridized carbons (Fsp3) is 0.484. The van der Waals surface area contributed by atoms with Gasteiger partial charge in [0.25, 0.3) is 0 Å². The first-order valence-electron chi connectivity index (χ1n) is 14.8. The van der Waals surface area contributed by atoms with Crippen LogP contribution in [0.15, 0.2) is 45.3 Å². The van der Waals surface area contributed by atoms with Crippen molar-refractivity contribution in [1.29, 1.82) is 0 Å². The standard InChI is InChI=1S/C31H40ClN7O5S/c1-19-14-23(19)17-38(12-13-42-5)26-15-24(29-35-36-30(43-29)31(4,33)16-22-10-8-7-9-11-22)27(32)28(34-26)39(45(6,40)41)18-25-20(2)37-44-21(25)3/h7-11,15,19,23H,12-14,16-18,33H2,1-6H3/t19?,23?,31-/m1/s1. The van der Waals surface area contributed by atoms with E-state index >= 15 is 0 Å². The van der Waals surface area contributed by atoms with E-state index in [2.05, 4.69) is 27.2 Å². The molecule has 14 heteroatoms. The Kier molecular flexibility index (Phi) is 9.54. The number of nitrogens with zero attached hydrogens (tertiary/aromatic N) is 6. The van der Waals surface area contributed by atoms with Gasteiger partial charge in [0.15, 0.2) is 5.82 Å². The second-order valence-corrected chi connectivity index (χ2v) is 14.4. The van der Waals surface area contributed by atoms with E-state index in [-0.39, 0.29) is 29.2 Å². The smallest absolute Gasteiger partial charge is 0.249 e. The summed E-state index contributed by atoms with van der Waals surface area (Å²) in [6, 6.07) is 11.5. The van der Waals surface area contributed by atoms with E-state index in [0.717, 1.165) is 22.5 Å². The van der Waals surface area contributed by atoms with Crippen LogP contribution < -0.4 is 14.9 Å². The summed E-state index contributed by atoms with van der Waals surface area (Å²) in [5.41, 5.74) is 8.24. The quantitative estimate of drug-likeness (QED) is 0.197. The molecule has 1 aliphatic rings. The number of aryl methyl sites for hydroxylation is 2. The molecule has 3 atom stereocenters. The van der Waals surface area contributed by atoms with Crippen LogP contribution in [-0.2, 0) is 33.3 Å². The lowest BCUT2D eigenvalue weighted by Crippen LogP contribution is -2.35. The molecule has 1 aliphatic carbocycles. The average Bonchev–Trinajstić information content (AvgIpc) is 3.31. The molecule has 4 aromatic rings. The van der Waals surface area contributed by atoms with Crippen molar-refractivity contribution in [2.75, 3.05) is 42.3 Å². The molecule has 12 nitrogen and oxygen atoms in total. The van der Waals surface area contributed by atoms with Crippen molar-refractivity contribution in [2.45, 2.75) is 52.6 Å². The number of nitrogens with two attached hydrogens (primary N) is 1. The molecule has 3 heterocycles. The number of rotatable bonds is 14. The van der Waals surface area contributed by atoms with Gasteiger partial charge in [-0.25, -0.2) is 17.7 Å². The van der Waals surface area contributed by atoms with E-state index in [0.29, 0.717) is 66.4 Å². The number of pyridine rings is 1. The van der Waals surface area contributed by atoms with Crippen LogP contribution in [-0.4, -0.2) is 61.8 Å². The van der Waals surface area contributed by atoms with Gasteiger partial charge in [0.05, 0.1) is 41.2 Å². The van der Waals surface area contributed by atoms with E-state index in [4.69, 9.17) is 36.0 Å². The molecule has 5 rings (SSSR count). The number of halogens is 1. The van der Waals surface area contributed by atoms with Crippen molar-refractivity contribution in [3.05, 3.63) is 69.9 Å². The lowest BCUT2D eigenvalue weighted by Gasteiger charge is -2.28. The topological polar surface area (TPSA) is 154 Å². The van der Waals surface area contributed by atoms with Gasteiger partial charge in [-0.1, -0.05) is 54.0 Å². The third-order valence-corrected chi connectivity index (χ3v) is 9.70. The van der Waals surface area contributed by atoms with E-state index in [1.807, 2.05) is 37.3 Å². The highest BCUT2D eigenvalue weighted by atomic mass is 35.5. The first-order valence-corrected chi connectivity index (χ1v) is 17.0. The lowest BCUT2D eigenvalue weighted by molar-refractivity contribution is 0.204. The molecule has 0 bridgehead atoms. The third kappa shape index (κ3) is 7.49. The number of sulfonamides is 1. The fourth-order valence-electron chi connectivity index (χ4n) is 5.30. The van der Waals surface area contributed by atoms with Crippen molar-refractivity contribution >= 4 is 33.3 Å². The Hall–Kier alpha value is -3.52. The summed E-state index contributed by atoms with van der Waals surface area (Å²) in [5.74, 6) is 2.41. The molecule has 0 radical (unpaired) electrons. The van der Waals surface area contributed by atoms with Crippen molar-refractivity contribution in [2.24, 2.45) is 17.6 Å². The molecule has 242 valence electrons. The molecule has 1 saturated carbocycles. The SMILES string of the molecule is COCCN(CC1CC1C)c1cc(-c2nnc([C@](C)(N)Cc3ccccc3)o2)c(Cl)c(N(Cc2c(C)noc2C)S(C)(=O)=O)n1. The number of methoxy groups -OCH3 is 1. The van der Waals surface area contributed by atoms with Gasteiger partial charge in [-0.15, -0.1) is 10.2 Å². The fourth-order valence-corrected chi connectivity index (χ4v) is 6.44. The predicted molar refractivity (Wildman–Crippen MR) is 173 cm³/mol. The van der Waals surface area contributed by atoms with Crippen LogP contribution in [0.5, 0.6) is 0 Å². The predicted octanol–water partition coefficient (Wildman–Crippen LogP) is 4.88. The van der Waals surface area contributed by atoms with Crippen molar-refractivity contribution in [1.82, 2.24) is 20.3 Å². The van der Waals surface area contributed by atoms with Crippen LogP contribution in [0.4, 0.5) is 11.6 Å². The zero-order valence-electron chi connectivity index (χ0n) is 26.4. The maximum absolute atomic E-state index is 13.3. The normalized spacial score (nSPS) is 17.7. The zero-order valence-corrected chi connectivity index (χ0v) is 28.0. The van der Waals surface area contributed by atoms with Gasteiger partial charge in [0.2, 0.25) is 21.8 Å². The summed E-state index contributed by atoms with van der Waals surface area (Å²) in [5, 5.41) is 12.7. The Morgan fingerprint density at radius 1 is 1.20 bits per heavy atom. The monoisotopic (exact) mass is 657 g/mol. The number of hydrogen-bond donors (Lipinski definition) is 1. The van der Waals surface area contributed by atoms with E-state index < -0.39 is 15.6 Å². The zero-order chi connectivity index (χ0) is 32.5. The van der Waals surface area contributed by atoms with Crippen LogP contribution in [0.1, 0.15) is 48.7 Å². The number of hydrogen-bond acceptors (Lipinski definition) is 11. The third-order valence-electron chi connectivity index (χ3n) is 8.22. The molecule has 2 N–H and O–H groups in total. The molecule has 0 spiro atoms. The van der Waals surface area contributed by atoms with Gasteiger partial charge in [0.1, 0.15) is 11.6 Å². The van der Waals surface area contributed by atoms with Crippen molar-refractivity contribution in [3.8, 4) is 11.5 Å². The molecule has 1 fully saturated rings. The molecule has 0 saturated heterocycles. The maximum atomic E-state index is 13.3. The van der Waals surface area contributed by atoms with E-state index in [1.165, 1.54) is 0 Å². The van der Waals surface area contributed by atoms with Gasteiger partial charge in [0, 0.05) is 25.8 Å². The second kappa shape index (κ2) is 13.1. The van der Waals surface area contributed by atoms with Gasteiger partial charge >= 0.3 is 0 Å². The highest BCUT2D eigenvalue weighted by Crippen LogP contribution is 2.42. The van der Waals surface area contributed by atoms with Crippen molar-refractivity contribution in [3.63, 3.8) is 0 Å². The summed E-state index contributed by atoms with van der Waals surface area (Å²) in [4.78, 5) is 6.94. The van der Waals surface area contributed by atoms with Crippen molar-refractivity contribution < 1.29 is 22.1 Å². The molecular formula is C31H40ClN7O5S. The molecule has 2 unspecified atom stereocenters. The highest BCUT2D eigenvalue weighted by Gasteiger charge is 2.36. The molecular weight excluding hydrogens is 618 g/mol. The number of ether oxygens (including phenoxy) is 1. The van der Waals surface area contributed by atoms with Crippen LogP contribution in [0.3, 0.4) is 0 Å². The Labute approximate surface area is 268 Å². The van der Waals surface area contributed by atoms with Gasteiger partial charge < -0.3 is 24.3 Å². The van der Waals surface area contributed by atoms with Gasteiger partial charge in [-0.3, -0.25) is 0 Å². The minimum atomic E-state index is -3.89. The summed E-state index contributed by atoms with van der Waals surface area (Å²) < 4.78 is 44.8. The van der Waals surface area contributed by atoms with Crippen LogP contribution in [0, 0.1) is 25.7 Å². The number of aromatic nitrogens is 4. The Bertz CT molecular complexity index is 1720. The summed E-state index contributed by atoms with van der Waals surface area (Å²) in [6.07, 6.45) is 2.67. The molecule has 45 heavy (non-hydrogen) atoms. The lowest BCUT2D eigenvalue weighted by atomic mass is 9.94. The maximum Gasteiger partial charge on any atom is 0.249 e. The van der Waals surface area contributed by atoms with Crippen LogP contribution in [0.2, 0.25) is 5.02 Å². The molecule has 0 amide bonds. The molecule has 3 aromatic heterocycles. The minimum absolute atomic E-state index is 0.0254. The Morgan fingerprint density at radius 3 is 2.51 bits per heavy atom. The summed E-state index contributed by atoms with van der Waals surface area (Å²) in [6.45, 7) is 9.12. The van der Waals surface area contributed by atoms with Crippen LogP contribution >= 0.6 is 11.6 Å². The molecule has 1 aromatic carbocycles. The number of anilines is 2. The Balaban J connectivity index is 1.62. The van der Waals surface area contributed by atoms with E-state index in [1.54, 1.807) is 27.0 Å².